The highest BCUT2D eigenvalue weighted by molar-refractivity contribution is 5.82. The molecule has 3 N–H and O–H groups in total. The van der Waals surface area contributed by atoms with Crippen LogP contribution in [0.15, 0.2) is 24.4 Å². The molecular weight excluding hydrogens is 234 g/mol. The molecule has 0 fully saturated rings. The Kier molecular flexibility index (Phi) is 5.63. The molecule has 1 aromatic rings. The molecule has 2 amide bonds. The van der Waals surface area contributed by atoms with Gasteiger partial charge in [-0.25, -0.2) is 9.59 Å². The third kappa shape index (κ3) is 4.82. The summed E-state index contributed by atoms with van der Waals surface area (Å²) in [6, 6.07) is 4.03. The minimum atomic E-state index is -1.02. The second kappa shape index (κ2) is 7.26. The molecule has 0 aliphatic heterocycles. The molecule has 6 heteroatoms. The lowest BCUT2D eigenvalue weighted by atomic mass is 10.2. The summed E-state index contributed by atoms with van der Waals surface area (Å²) in [6.07, 6.45) is 2.73. The fraction of sp³-hybridized carbons (Fsp3) is 0.417. The van der Waals surface area contributed by atoms with Gasteiger partial charge in [-0.1, -0.05) is 19.4 Å². The Morgan fingerprint density at radius 1 is 1.44 bits per heavy atom. The van der Waals surface area contributed by atoms with Gasteiger partial charge in [0.2, 0.25) is 0 Å². The number of aliphatic carboxylic acids is 1. The summed E-state index contributed by atoms with van der Waals surface area (Å²) in [5.74, 6) is -1.02. The average molecular weight is 251 g/mol. The van der Waals surface area contributed by atoms with Crippen LogP contribution in [0.1, 0.15) is 25.5 Å². The lowest BCUT2D eigenvalue weighted by Gasteiger charge is -2.14. The smallest absolute Gasteiger partial charge is 0.326 e. The SMILES string of the molecule is CCC[C@H](NC(=O)NCc1ccccn1)C(=O)O. The Bertz CT molecular complexity index is 395. The number of aromatic nitrogens is 1. The molecule has 0 aliphatic carbocycles. The van der Waals surface area contributed by atoms with Crippen molar-refractivity contribution in [2.75, 3.05) is 0 Å². The Balaban J connectivity index is 2.39. The molecule has 6 nitrogen and oxygen atoms in total. The van der Waals surface area contributed by atoms with Gasteiger partial charge in [-0.05, 0) is 18.6 Å². The van der Waals surface area contributed by atoms with Crippen molar-refractivity contribution in [3.05, 3.63) is 30.1 Å². The Morgan fingerprint density at radius 2 is 2.22 bits per heavy atom. The number of carboxylic acid groups (broad SMARTS) is 1. The minimum Gasteiger partial charge on any atom is -0.480 e. The summed E-state index contributed by atoms with van der Waals surface area (Å²) in [4.78, 5) is 26.4. The van der Waals surface area contributed by atoms with Gasteiger partial charge < -0.3 is 15.7 Å². The van der Waals surface area contributed by atoms with Crippen LogP contribution in [0, 0.1) is 0 Å². The van der Waals surface area contributed by atoms with E-state index in [1.54, 1.807) is 18.3 Å². The third-order valence-corrected chi connectivity index (χ3v) is 2.34. The third-order valence-electron chi connectivity index (χ3n) is 2.34. The topological polar surface area (TPSA) is 91.3 Å². The van der Waals surface area contributed by atoms with E-state index in [9.17, 15) is 9.59 Å². The summed E-state index contributed by atoms with van der Waals surface area (Å²) < 4.78 is 0. The van der Waals surface area contributed by atoms with Gasteiger partial charge in [0.1, 0.15) is 6.04 Å². The largest absolute Gasteiger partial charge is 0.480 e. The predicted octanol–water partition coefficient (Wildman–Crippen LogP) is 1.13. The summed E-state index contributed by atoms with van der Waals surface area (Å²) in [5, 5.41) is 13.9. The number of hydrogen-bond donors (Lipinski definition) is 3. The van der Waals surface area contributed by atoms with Gasteiger partial charge in [0.05, 0.1) is 12.2 Å². The van der Waals surface area contributed by atoms with Crippen molar-refractivity contribution in [3.8, 4) is 0 Å². The molecule has 1 heterocycles. The van der Waals surface area contributed by atoms with E-state index in [1.807, 2.05) is 13.0 Å². The second-order valence-electron chi connectivity index (χ2n) is 3.83. The first-order chi connectivity index (χ1) is 8.63. The van der Waals surface area contributed by atoms with Crippen LogP contribution < -0.4 is 10.6 Å². The van der Waals surface area contributed by atoms with Crippen molar-refractivity contribution >= 4 is 12.0 Å². The van der Waals surface area contributed by atoms with Crippen LogP contribution in [0.3, 0.4) is 0 Å². The van der Waals surface area contributed by atoms with Crippen LogP contribution in [0.5, 0.6) is 0 Å². The van der Waals surface area contributed by atoms with Crippen LogP contribution in [0.2, 0.25) is 0 Å². The molecule has 1 aromatic heterocycles. The van der Waals surface area contributed by atoms with E-state index in [0.29, 0.717) is 12.8 Å². The number of carbonyl (C=O) groups excluding carboxylic acids is 1. The standard InChI is InChI=1S/C12H17N3O3/c1-2-5-10(11(16)17)15-12(18)14-8-9-6-3-4-7-13-9/h3-4,6-7,10H,2,5,8H2,1H3,(H,16,17)(H2,14,15,18)/t10-/m0/s1. The quantitative estimate of drug-likeness (QED) is 0.707. The Hall–Kier alpha value is -2.11. The van der Waals surface area contributed by atoms with Crippen molar-refractivity contribution in [1.29, 1.82) is 0 Å². The molecule has 0 bridgehead atoms. The van der Waals surface area contributed by atoms with E-state index >= 15 is 0 Å². The van der Waals surface area contributed by atoms with Crippen LogP contribution in [0.4, 0.5) is 4.79 Å². The van der Waals surface area contributed by atoms with Gasteiger partial charge in [0.15, 0.2) is 0 Å². The van der Waals surface area contributed by atoms with Crippen molar-refractivity contribution < 1.29 is 14.7 Å². The van der Waals surface area contributed by atoms with Crippen LogP contribution >= 0.6 is 0 Å². The van der Waals surface area contributed by atoms with E-state index in [2.05, 4.69) is 15.6 Å². The number of urea groups is 1. The number of hydrogen-bond acceptors (Lipinski definition) is 3. The summed E-state index contributed by atoms with van der Waals surface area (Å²) in [6.45, 7) is 2.13. The lowest BCUT2D eigenvalue weighted by molar-refractivity contribution is -0.139. The number of nitrogens with zero attached hydrogens (tertiary/aromatic N) is 1. The Morgan fingerprint density at radius 3 is 2.78 bits per heavy atom. The molecule has 0 aliphatic rings. The Labute approximate surface area is 105 Å². The average Bonchev–Trinajstić information content (AvgIpc) is 2.37. The highest BCUT2D eigenvalue weighted by Crippen LogP contribution is 1.97. The summed E-state index contributed by atoms with van der Waals surface area (Å²) in [5.41, 5.74) is 0.718. The normalized spacial score (nSPS) is 11.6. The minimum absolute atomic E-state index is 0.269. The molecule has 0 unspecified atom stereocenters. The monoisotopic (exact) mass is 251 g/mol. The molecule has 18 heavy (non-hydrogen) atoms. The molecule has 0 aromatic carbocycles. The molecule has 0 radical (unpaired) electrons. The number of rotatable bonds is 6. The van der Waals surface area contributed by atoms with Gasteiger partial charge in [-0.15, -0.1) is 0 Å². The van der Waals surface area contributed by atoms with Crippen LogP contribution in [-0.4, -0.2) is 28.1 Å². The molecule has 1 rings (SSSR count). The highest BCUT2D eigenvalue weighted by Gasteiger charge is 2.18. The van der Waals surface area contributed by atoms with Gasteiger partial charge in [0.25, 0.3) is 0 Å². The fourth-order valence-corrected chi connectivity index (χ4v) is 1.43. The summed E-state index contributed by atoms with van der Waals surface area (Å²) >= 11 is 0. The molecule has 0 saturated heterocycles. The number of nitrogens with one attached hydrogen (secondary N) is 2. The van der Waals surface area contributed by atoms with Gasteiger partial charge >= 0.3 is 12.0 Å². The van der Waals surface area contributed by atoms with Gasteiger partial charge in [-0.3, -0.25) is 4.98 Å². The second-order valence-corrected chi connectivity index (χ2v) is 3.83. The zero-order valence-electron chi connectivity index (χ0n) is 10.2. The molecule has 98 valence electrons. The lowest BCUT2D eigenvalue weighted by Crippen LogP contribution is -2.45. The van der Waals surface area contributed by atoms with E-state index in [1.165, 1.54) is 0 Å². The van der Waals surface area contributed by atoms with E-state index in [-0.39, 0.29) is 6.54 Å². The number of pyridine rings is 1. The predicted molar refractivity (Wildman–Crippen MR) is 65.9 cm³/mol. The highest BCUT2D eigenvalue weighted by atomic mass is 16.4. The van der Waals surface area contributed by atoms with E-state index < -0.39 is 18.0 Å². The maximum Gasteiger partial charge on any atom is 0.326 e. The van der Waals surface area contributed by atoms with Crippen LogP contribution in [-0.2, 0) is 11.3 Å². The molecule has 0 saturated carbocycles. The van der Waals surface area contributed by atoms with Gasteiger partial charge in [-0.2, -0.15) is 0 Å². The first-order valence-electron chi connectivity index (χ1n) is 5.80. The van der Waals surface area contributed by atoms with E-state index in [4.69, 9.17) is 5.11 Å². The van der Waals surface area contributed by atoms with Crippen molar-refractivity contribution in [2.24, 2.45) is 0 Å². The van der Waals surface area contributed by atoms with Crippen molar-refractivity contribution in [1.82, 2.24) is 15.6 Å². The van der Waals surface area contributed by atoms with E-state index in [0.717, 1.165) is 5.69 Å². The first kappa shape index (κ1) is 14.0. The van der Waals surface area contributed by atoms with Crippen LogP contribution in [0.25, 0.3) is 0 Å². The number of carboxylic acids is 1. The molecular formula is C12H17N3O3. The first-order valence-corrected chi connectivity index (χ1v) is 5.80. The summed E-state index contributed by atoms with van der Waals surface area (Å²) in [7, 11) is 0. The van der Waals surface area contributed by atoms with Crippen molar-refractivity contribution in [2.45, 2.75) is 32.4 Å². The molecule has 1 atom stereocenters. The maximum atomic E-state index is 11.5. The maximum absolute atomic E-state index is 11.5. The zero-order chi connectivity index (χ0) is 13.4. The van der Waals surface area contributed by atoms with Gasteiger partial charge in [0, 0.05) is 6.20 Å². The van der Waals surface area contributed by atoms with Crippen molar-refractivity contribution in [3.63, 3.8) is 0 Å². The number of carbonyl (C=O) groups is 2. The number of amides is 2. The fourth-order valence-electron chi connectivity index (χ4n) is 1.43. The zero-order valence-corrected chi connectivity index (χ0v) is 10.2. The molecule has 0 spiro atoms.